The summed E-state index contributed by atoms with van der Waals surface area (Å²) in [7, 11) is 0. The average molecular weight is 450 g/mol. The fraction of sp³-hybridized carbons (Fsp3) is 0.565. The molecule has 2 unspecified atom stereocenters. The van der Waals surface area contributed by atoms with Gasteiger partial charge >= 0.3 is 0 Å². The first kappa shape index (κ1) is 23.2. The number of nitrogens with one attached hydrogen (secondary N) is 1. The third-order valence-corrected chi connectivity index (χ3v) is 7.56. The minimum Gasteiger partial charge on any atom is -0.353 e. The van der Waals surface area contributed by atoms with Crippen molar-refractivity contribution in [3.63, 3.8) is 0 Å². The maximum Gasteiger partial charge on any atom is 0.261 e. The van der Waals surface area contributed by atoms with Gasteiger partial charge in [0.25, 0.3) is 5.91 Å². The highest BCUT2D eigenvalue weighted by molar-refractivity contribution is 8.04. The largest absolute Gasteiger partial charge is 0.353 e. The number of carbonyl (C=O) groups is 2. The second-order valence-electron chi connectivity index (χ2n) is 7.88. The molecule has 1 heterocycles. The van der Waals surface area contributed by atoms with Gasteiger partial charge in [-0.05, 0) is 49.7 Å². The van der Waals surface area contributed by atoms with Crippen molar-refractivity contribution >= 4 is 41.3 Å². The number of nitrogens with zero attached hydrogens (tertiary/aromatic N) is 2. The van der Waals surface area contributed by atoms with Gasteiger partial charge in [0.2, 0.25) is 5.91 Å². The number of halogens is 1. The van der Waals surface area contributed by atoms with Gasteiger partial charge in [0.05, 0.1) is 4.91 Å². The van der Waals surface area contributed by atoms with Gasteiger partial charge in [-0.3, -0.25) is 9.59 Å². The lowest BCUT2D eigenvalue weighted by molar-refractivity contribution is -0.135. The number of rotatable bonds is 8. The van der Waals surface area contributed by atoms with Crippen LogP contribution >= 0.6 is 23.4 Å². The van der Waals surface area contributed by atoms with Crippen LogP contribution in [0.4, 0.5) is 0 Å². The lowest BCUT2D eigenvalue weighted by atomic mass is 9.93. The van der Waals surface area contributed by atoms with Gasteiger partial charge < -0.3 is 15.1 Å². The third-order valence-electron chi connectivity index (χ3n) is 5.92. The zero-order valence-corrected chi connectivity index (χ0v) is 19.5. The topological polar surface area (TPSA) is 52.7 Å². The predicted molar refractivity (Wildman–Crippen MR) is 126 cm³/mol. The highest BCUT2D eigenvalue weighted by Gasteiger charge is 2.41. The van der Waals surface area contributed by atoms with Crippen molar-refractivity contribution in [2.45, 2.75) is 50.8 Å². The van der Waals surface area contributed by atoms with Crippen LogP contribution in [-0.2, 0) is 9.59 Å². The number of amides is 2. The van der Waals surface area contributed by atoms with E-state index in [-0.39, 0.29) is 24.4 Å². The molecule has 2 aliphatic rings. The number of likely N-dealkylation sites (N-methyl/N-ethyl adjacent to an activating group) is 1. The second kappa shape index (κ2) is 11.2. The Balaban J connectivity index is 1.70. The zero-order valence-electron chi connectivity index (χ0n) is 17.9. The maximum atomic E-state index is 13.3. The first-order valence-corrected chi connectivity index (χ1v) is 12.2. The number of hydrogen-bond donors (Lipinski definition) is 1. The van der Waals surface area contributed by atoms with Crippen LogP contribution in [0, 0.1) is 0 Å². The van der Waals surface area contributed by atoms with Gasteiger partial charge in [-0.15, -0.1) is 11.8 Å². The molecule has 1 saturated heterocycles. The molecule has 30 heavy (non-hydrogen) atoms. The summed E-state index contributed by atoms with van der Waals surface area (Å²) in [6.45, 7) is 7.74. The van der Waals surface area contributed by atoms with Gasteiger partial charge in [0.15, 0.2) is 0 Å². The predicted octanol–water partition coefficient (Wildman–Crippen LogP) is 4.03. The standard InChI is InChI=1S/C23H32ClN3O2S/c1-3-26(4-2)13-12-25-22(28)16-27-19-10-5-6-11-20(19)30-21(23(27)29)15-17-8-7-9-18(24)14-17/h7-9,14-15,19-20H,3-6,10-13,16H2,1-2H3,(H,25,28)/b21-15+. The number of carbonyl (C=O) groups excluding carboxylic acids is 2. The summed E-state index contributed by atoms with van der Waals surface area (Å²) in [5.41, 5.74) is 0.913. The Hall–Kier alpha value is -1.50. The zero-order chi connectivity index (χ0) is 21.5. The molecule has 1 aliphatic heterocycles. The number of fused-ring (bicyclic) bond motifs is 1. The van der Waals surface area contributed by atoms with E-state index in [4.69, 9.17) is 11.6 Å². The van der Waals surface area contributed by atoms with Gasteiger partial charge in [-0.1, -0.05) is 50.4 Å². The minimum atomic E-state index is -0.0752. The van der Waals surface area contributed by atoms with Crippen molar-refractivity contribution in [3.05, 3.63) is 39.8 Å². The summed E-state index contributed by atoms with van der Waals surface area (Å²) >= 11 is 7.78. The molecule has 2 atom stereocenters. The molecule has 0 bridgehead atoms. The van der Waals surface area contributed by atoms with Crippen LogP contribution in [-0.4, -0.2) is 65.6 Å². The van der Waals surface area contributed by atoms with Crippen LogP contribution in [0.1, 0.15) is 45.1 Å². The van der Waals surface area contributed by atoms with Crippen molar-refractivity contribution in [3.8, 4) is 0 Å². The molecule has 164 valence electrons. The summed E-state index contributed by atoms with van der Waals surface area (Å²) in [6.07, 6.45) is 6.25. The van der Waals surface area contributed by atoms with E-state index in [1.165, 1.54) is 6.42 Å². The van der Waals surface area contributed by atoms with Crippen LogP contribution in [0.15, 0.2) is 29.2 Å². The average Bonchev–Trinajstić information content (AvgIpc) is 2.74. The minimum absolute atomic E-state index is 0.0398. The molecule has 7 heteroatoms. The molecule has 0 spiro atoms. The van der Waals surface area contributed by atoms with Crippen molar-refractivity contribution in [1.82, 2.24) is 15.1 Å². The van der Waals surface area contributed by atoms with E-state index in [9.17, 15) is 9.59 Å². The van der Waals surface area contributed by atoms with Crippen LogP contribution in [0.3, 0.4) is 0 Å². The van der Waals surface area contributed by atoms with Gasteiger partial charge in [-0.2, -0.15) is 0 Å². The Morgan fingerprint density at radius 2 is 2.07 bits per heavy atom. The van der Waals surface area contributed by atoms with Gasteiger partial charge in [0, 0.05) is 29.4 Å². The Morgan fingerprint density at radius 1 is 1.30 bits per heavy atom. The fourth-order valence-corrected chi connectivity index (χ4v) is 5.89. The smallest absolute Gasteiger partial charge is 0.261 e. The van der Waals surface area contributed by atoms with Crippen LogP contribution in [0.5, 0.6) is 0 Å². The molecule has 1 saturated carbocycles. The Bertz CT molecular complexity index is 781. The summed E-state index contributed by atoms with van der Waals surface area (Å²) < 4.78 is 0. The highest BCUT2D eigenvalue weighted by Crippen LogP contribution is 2.42. The van der Waals surface area contributed by atoms with Crippen molar-refractivity contribution in [2.75, 3.05) is 32.7 Å². The molecule has 1 aromatic rings. The number of thioether (sulfide) groups is 1. The molecule has 0 radical (unpaired) electrons. The summed E-state index contributed by atoms with van der Waals surface area (Å²) in [4.78, 5) is 30.7. The molecule has 1 N–H and O–H groups in total. The SMILES string of the molecule is CCN(CC)CCNC(=O)CN1C(=O)/C(=C\c2cccc(Cl)c2)SC2CCCCC21. The summed E-state index contributed by atoms with van der Waals surface area (Å²) in [5, 5.41) is 4.00. The first-order valence-electron chi connectivity index (χ1n) is 11.0. The van der Waals surface area contributed by atoms with E-state index in [1.54, 1.807) is 11.8 Å². The van der Waals surface area contributed by atoms with Gasteiger partial charge in [0.1, 0.15) is 6.54 Å². The Morgan fingerprint density at radius 3 is 2.80 bits per heavy atom. The van der Waals surface area contributed by atoms with E-state index in [0.717, 1.165) is 44.5 Å². The molecule has 5 nitrogen and oxygen atoms in total. The van der Waals surface area contributed by atoms with Gasteiger partial charge in [-0.25, -0.2) is 0 Å². The van der Waals surface area contributed by atoms with Crippen molar-refractivity contribution in [1.29, 1.82) is 0 Å². The van der Waals surface area contributed by atoms with E-state index >= 15 is 0 Å². The Labute approximate surface area is 189 Å². The molecule has 3 rings (SSSR count). The van der Waals surface area contributed by atoms with E-state index in [1.807, 2.05) is 35.2 Å². The van der Waals surface area contributed by atoms with E-state index < -0.39 is 0 Å². The van der Waals surface area contributed by atoms with Crippen LogP contribution in [0.25, 0.3) is 6.08 Å². The monoisotopic (exact) mass is 449 g/mol. The van der Waals surface area contributed by atoms with Crippen molar-refractivity contribution in [2.24, 2.45) is 0 Å². The first-order chi connectivity index (χ1) is 14.5. The van der Waals surface area contributed by atoms with Crippen LogP contribution in [0.2, 0.25) is 5.02 Å². The molecule has 2 amide bonds. The second-order valence-corrected chi connectivity index (χ2v) is 9.60. The molecule has 1 aliphatic carbocycles. The maximum absolute atomic E-state index is 13.3. The normalized spacial score (nSPS) is 23.0. The van der Waals surface area contributed by atoms with Crippen LogP contribution < -0.4 is 5.32 Å². The molecular formula is C23H32ClN3O2S. The lowest BCUT2D eigenvalue weighted by Crippen LogP contribution is -2.54. The molecular weight excluding hydrogens is 418 g/mol. The highest BCUT2D eigenvalue weighted by atomic mass is 35.5. The third kappa shape index (κ3) is 6.02. The number of hydrogen-bond acceptors (Lipinski definition) is 4. The molecule has 2 fully saturated rings. The quantitative estimate of drug-likeness (QED) is 0.609. The number of benzene rings is 1. The summed E-state index contributed by atoms with van der Waals surface area (Å²) in [5.74, 6) is -0.115. The van der Waals surface area contributed by atoms with E-state index in [0.29, 0.717) is 21.7 Å². The summed E-state index contributed by atoms with van der Waals surface area (Å²) in [6, 6.07) is 7.66. The Kier molecular flexibility index (Phi) is 8.66. The van der Waals surface area contributed by atoms with E-state index in [2.05, 4.69) is 24.1 Å². The van der Waals surface area contributed by atoms with Crippen molar-refractivity contribution < 1.29 is 9.59 Å². The lowest BCUT2D eigenvalue weighted by Gasteiger charge is -2.43. The fourth-order valence-electron chi connectivity index (χ4n) is 4.21. The molecule has 0 aromatic heterocycles. The molecule has 1 aromatic carbocycles.